The van der Waals surface area contributed by atoms with Crippen LogP contribution >= 0.6 is 0 Å². The van der Waals surface area contributed by atoms with E-state index in [0.29, 0.717) is 23.0 Å². The van der Waals surface area contributed by atoms with Crippen LogP contribution in [0, 0.1) is 19.8 Å². The highest BCUT2D eigenvalue weighted by atomic mass is 32.2. The Morgan fingerprint density at radius 3 is 2.70 bits per heavy atom. The van der Waals surface area contributed by atoms with E-state index in [-0.39, 0.29) is 0 Å². The van der Waals surface area contributed by atoms with Crippen molar-refractivity contribution in [3.8, 4) is 0 Å². The van der Waals surface area contributed by atoms with Gasteiger partial charge in [-0.1, -0.05) is 0 Å². The Hall–Kier alpha value is -1.11. The summed E-state index contributed by atoms with van der Waals surface area (Å²) in [5.74, 6) is 0.386. The van der Waals surface area contributed by atoms with E-state index in [9.17, 15) is 8.42 Å². The summed E-state index contributed by atoms with van der Waals surface area (Å²) in [4.78, 5) is 2.51. The van der Waals surface area contributed by atoms with E-state index >= 15 is 0 Å². The summed E-state index contributed by atoms with van der Waals surface area (Å²) < 4.78 is 27.6. The fourth-order valence-corrected chi connectivity index (χ4v) is 4.10. The van der Waals surface area contributed by atoms with E-state index in [0.717, 1.165) is 30.6 Å². The van der Waals surface area contributed by atoms with Gasteiger partial charge < -0.3 is 10.6 Å². The Labute approximate surface area is 121 Å². The first-order valence-electron chi connectivity index (χ1n) is 6.84. The Balaban J connectivity index is 2.14. The van der Waals surface area contributed by atoms with Crippen molar-refractivity contribution in [1.29, 1.82) is 0 Å². The lowest BCUT2D eigenvalue weighted by Crippen LogP contribution is -2.31. The van der Waals surface area contributed by atoms with Gasteiger partial charge in [-0.25, -0.2) is 13.1 Å². The van der Waals surface area contributed by atoms with Crippen LogP contribution in [0.2, 0.25) is 0 Å². The Kier molecular flexibility index (Phi) is 4.36. The molecule has 3 N–H and O–H groups in total. The van der Waals surface area contributed by atoms with Gasteiger partial charge in [0.2, 0.25) is 10.0 Å². The van der Waals surface area contributed by atoms with Crippen LogP contribution in [0.5, 0.6) is 0 Å². The number of aryl methyl sites for hydroxylation is 1. The summed E-state index contributed by atoms with van der Waals surface area (Å²) in [6.07, 6.45) is 1.04. The lowest BCUT2D eigenvalue weighted by atomic mass is 10.1. The van der Waals surface area contributed by atoms with Crippen molar-refractivity contribution in [1.82, 2.24) is 9.62 Å². The van der Waals surface area contributed by atoms with Crippen molar-refractivity contribution in [2.24, 2.45) is 5.92 Å². The molecule has 0 bridgehead atoms. The predicted octanol–water partition coefficient (Wildman–Crippen LogP) is 1.12. The van der Waals surface area contributed by atoms with Crippen LogP contribution < -0.4 is 10.5 Å². The summed E-state index contributed by atoms with van der Waals surface area (Å²) in [7, 11) is -1.43. The minimum atomic E-state index is -3.49. The van der Waals surface area contributed by atoms with Crippen molar-refractivity contribution in [2.45, 2.75) is 25.2 Å². The number of rotatable bonds is 4. The number of hydrogen-bond donors (Lipinski definition) is 2. The molecule has 5 nitrogen and oxygen atoms in total. The number of benzene rings is 1. The van der Waals surface area contributed by atoms with Crippen molar-refractivity contribution in [2.75, 3.05) is 32.4 Å². The predicted molar refractivity (Wildman–Crippen MR) is 81.1 cm³/mol. The number of sulfonamides is 1. The summed E-state index contributed by atoms with van der Waals surface area (Å²) in [6.45, 7) is 6.14. The number of nitrogen functional groups attached to an aromatic ring is 1. The van der Waals surface area contributed by atoms with Crippen LogP contribution in [0.4, 0.5) is 5.69 Å². The molecule has 0 amide bonds. The maximum absolute atomic E-state index is 12.4. The molecule has 0 spiro atoms. The second-order valence-corrected chi connectivity index (χ2v) is 7.47. The summed E-state index contributed by atoms with van der Waals surface area (Å²) in [5.41, 5.74) is 7.90. The molecule has 2 rings (SSSR count). The zero-order valence-corrected chi connectivity index (χ0v) is 13.1. The zero-order valence-electron chi connectivity index (χ0n) is 12.3. The van der Waals surface area contributed by atoms with Crippen LogP contribution in [0.25, 0.3) is 0 Å². The van der Waals surface area contributed by atoms with Crippen LogP contribution in [0.1, 0.15) is 17.5 Å². The summed E-state index contributed by atoms with van der Waals surface area (Å²) >= 11 is 0. The van der Waals surface area contributed by atoms with Gasteiger partial charge in [0, 0.05) is 18.8 Å². The van der Waals surface area contributed by atoms with Gasteiger partial charge in [0.15, 0.2) is 0 Å². The fraction of sp³-hybridized carbons (Fsp3) is 0.571. The molecule has 1 heterocycles. The first-order chi connectivity index (χ1) is 9.29. The van der Waals surface area contributed by atoms with Crippen molar-refractivity contribution in [3.63, 3.8) is 0 Å². The molecule has 0 saturated carbocycles. The highest BCUT2D eigenvalue weighted by Crippen LogP contribution is 2.22. The van der Waals surface area contributed by atoms with Crippen LogP contribution in [-0.2, 0) is 10.0 Å². The molecule has 0 aliphatic carbocycles. The molecular weight excluding hydrogens is 274 g/mol. The van der Waals surface area contributed by atoms with E-state index in [1.54, 1.807) is 6.07 Å². The quantitative estimate of drug-likeness (QED) is 0.817. The molecule has 1 aromatic rings. The second-order valence-electron chi connectivity index (χ2n) is 5.73. The summed E-state index contributed by atoms with van der Waals surface area (Å²) in [5, 5.41) is 0. The average molecular weight is 297 g/mol. The maximum atomic E-state index is 12.4. The molecule has 1 saturated heterocycles. The monoisotopic (exact) mass is 297 g/mol. The molecule has 0 aromatic heterocycles. The van der Waals surface area contributed by atoms with Gasteiger partial charge in [-0.15, -0.1) is 0 Å². The van der Waals surface area contributed by atoms with E-state index in [1.165, 1.54) is 6.07 Å². The second kappa shape index (κ2) is 5.71. The van der Waals surface area contributed by atoms with Crippen LogP contribution in [-0.4, -0.2) is 40.0 Å². The molecule has 6 heteroatoms. The van der Waals surface area contributed by atoms with Gasteiger partial charge >= 0.3 is 0 Å². The lowest BCUT2D eigenvalue weighted by Gasteiger charge is -2.15. The van der Waals surface area contributed by atoms with Crippen LogP contribution in [0.3, 0.4) is 0 Å². The van der Waals surface area contributed by atoms with Crippen molar-refractivity contribution in [3.05, 3.63) is 23.3 Å². The largest absolute Gasteiger partial charge is 0.399 e. The summed E-state index contributed by atoms with van der Waals surface area (Å²) in [6, 6.07) is 3.33. The Morgan fingerprint density at radius 2 is 2.10 bits per heavy atom. The highest BCUT2D eigenvalue weighted by molar-refractivity contribution is 7.89. The number of anilines is 1. The smallest absolute Gasteiger partial charge is 0.240 e. The third kappa shape index (κ3) is 3.31. The number of nitrogens with one attached hydrogen (secondary N) is 1. The minimum Gasteiger partial charge on any atom is -0.399 e. The van der Waals surface area contributed by atoms with Gasteiger partial charge in [0.05, 0.1) is 4.90 Å². The van der Waals surface area contributed by atoms with Gasteiger partial charge in [0.1, 0.15) is 0 Å². The maximum Gasteiger partial charge on any atom is 0.240 e. The van der Waals surface area contributed by atoms with Gasteiger partial charge in [0.25, 0.3) is 0 Å². The Morgan fingerprint density at radius 1 is 1.40 bits per heavy atom. The van der Waals surface area contributed by atoms with Gasteiger partial charge in [-0.3, -0.25) is 0 Å². The number of nitrogens with zero attached hydrogens (tertiary/aromatic N) is 1. The standard InChI is InChI=1S/C14H23N3O2S/c1-10-6-13(15)7-14(11(10)2)20(18,19)16-8-12-4-5-17(3)9-12/h6-7,12,16H,4-5,8-9,15H2,1-3H3. The third-order valence-corrected chi connectivity index (χ3v) is 5.53. The molecule has 1 aliphatic rings. The molecule has 1 fully saturated rings. The third-order valence-electron chi connectivity index (χ3n) is 3.98. The minimum absolute atomic E-state index is 0.293. The Bertz CT molecular complexity index is 599. The first-order valence-corrected chi connectivity index (χ1v) is 8.33. The van der Waals surface area contributed by atoms with E-state index in [4.69, 9.17) is 5.73 Å². The average Bonchev–Trinajstić information content (AvgIpc) is 2.77. The van der Waals surface area contributed by atoms with Crippen molar-refractivity contribution < 1.29 is 8.42 Å². The fourth-order valence-electron chi connectivity index (χ4n) is 2.63. The molecular formula is C14H23N3O2S. The molecule has 1 aromatic carbocycles. The molecule has 20 heavy (non-hydrogen) atoms. The van der Waals surface area contributed by atoms with E-state index in [2.05, 4.69) is 16.7 Å². The van der Waals surface area contributed by atoms with E-state index < -0.39 is 10.0 Å². The SMILES string of the molecule is Cc1cc(N)cc(S(=O)(=O)NCC2CCN(C)C2)c1C. The number of hydrogen-bond acceptors (Lipinski definition) is 4. The van der Waals surface area contributed by atoms with Gasteiger partial charge in [-0.05, 0) is 63.0 Å². The normalized spacial score (nSPS) is 20.4. The van der Waals surface area contributed by atoms with Crippen molar-refractivity contribution >= 4 is 15.7 Å². The first kappa shape index (κ1) is 15.3. The highest BCUT2D eigenvalue weighted by Gasteiger charge is 2.23. The molecule has 1 aliphatic heterocycles. The topological polar surface area (TPSA) is 75.4 Å². The number of nitrogens with two attached hydrogens (primary N) is 1. The van der Waals surface area contributed by atoms with Crippen LogP contribution in [0.15, 0.2) is 17.0 Å². The molecule has 112 valence electrons. The molecule has 1 unspecified atom stereocenters. The number of likely N-dealkylation sites (tertiary alicyclic amines) is 1. The molecule has 0 radical (unpaired) electrons. The zero-order chi connectivity index (χ0) is 14.9. The van der Waals surface area contributed by atoms with Gasteiger partial charge in [-0.2, -0.15) is 0 Å². The lowest BCUT2D eigenvalue weighted by molar-refractivity contribution is 0.394. The van der Waals surface area contributed by atoms with E-state index in [1.807, 2.05) is 13.8 Å². The molecule has 1 atom stereocenters.